The molecule has 0 aromatic heterocycles. The summed E-state index contributed by atoms with van der Waals surface area (Å²) in [7, 11) is 1.60. The summed E-state index contributed by atoms with van der Waals surface area (Å²) in [5.74, 6) is 0.166. The van der Waals surface area contributed by atoms with Gasteiger partial charge in [0.25, 0.3) is 0 Å². The molecule has 0 unspecified atom stereocenters. The second-order valence-corrected chi connectivity index (χ2v) is 3.82. The van der Waals surface area contributed by atoms with Gasteiger partial charge in [-0.3, -0.25) is 4.90 Å². The maximum absolute atomic E-state index is 11.3. The van der Waals surface area contributed by atoms with Crippen LogP contribution in [-0.2, 0) is 4.74 Å². The van der Waals surface area contributed by atoms with Gasteiger partial charge in [-0.15, -0.1) is 0 Å². The van der Waals surface area contributed by atoms with Crippen molar-refractivity contribution < 1.29 is 9.53 Å². The third kappa shape index (κ3) is 2.30. The van der Waals surface area contributed by atoms with Gasteiger partial charge in [0.2, 0.25) is 0 Å². The van der Waals surface area contributed by atoms with E-state index in [1.54, 1.807) is 7.05 Å². The Morgan fingerprint density at radius 2 is 2.40 bits per heavy atom. The molecule has 0 aromatic rings. The second-order valence-electron chi connectivity index (χ2n) is 3.82. The Morgan fingerprint density at radius 3 is 2.93 bits per heavy atom. The van der Waals surface area contributed by atoms with E-state index in [2.05, 4.69) is 6.07 Å². The number of carbonyl (C=O) groups is 1. The number of hydrogen-bond donors (Lipinski definition) is 0. The number of hydrogen-bond acceptors (Lipinski definition) is 3. The number of cyclic esters (lactones) is 1. The zero-order chi connectivity index (χ0) is 11.4. The number of ether oxygens (including phenoxy) is 1. The standard InChI is InChI=1S/C11H16N2O2/c1-4-5-6-8(2)10-9(7-12)13(3)11(14)15-10/h4-5,8-10H,6H2,1-3H3/b5-4+/t8-,9+,10-/m1/s1. The van der Waals surface area contributed by atoms with Crippen LogP contribution in [0.2, 0.25) is 0 Å². The maximum Gasteiger partial charge on any atom is 0.411 e. The highest BCUT2D eigenvalue weighted by molar-refractivity contribution is 5.71. The third-order valence-corrected chi connectivity index (χ3v) is 2.69. The van der Waals surface area contributed by atoms with E-state index in [0.717, 1.165) is 6.42 Å². The Morgan fingerprint density at radius 1 is 1.73 bits per heavy atom. The van der Waals surface area contributed by atoms with Crippen molar-refractivity contribution in [3.05, 3.63) is 12.2 Å². The minimum atomic E-state index is -0.460. The molecule has 1 aliphatic rings. The van der Waals surface area contributed by atoms with Gasteiger partial charge < -0.3 is 4.74 Å². The highest BCUT2D eigenvalue weighted by atomic mass is 16.6. The number of nitrogens with zero attached hydrogens (tertiary/aromatic N) is 2. The molecule has 0 spiro atoms. The lowest BCUT2D eigenvalue weighted by Crippen LogP contribution is -2.35. The molecule has 0 radical (unpaired) electrons. The Kier molecular flexibility index (Phi) is 3.73. The van der Waals surface area contributed by atoms with Gasteiger partial charge in [-0.05, 0) is 19.3 Å². The van der Waals surface area contributed by atoms with Gasteiger partial charge in [0.05, 0.1) is 6.07 Å². The first kappa shape index (κ1) is 11.6. The molecule has 0 aliphatic carbocycles. The van der Waals surface area contributed by atoms with Crippen molar-refractivity contribution in [2.45, 2.75) is 32.4 Å². The summed E-state index contributed by atoms with van der Waals surface area (Å²) in [4.78, 5) is 12.6. The molecule has 1 heterocycles. The van der Waals surface area contributed by atoms with E-state index in [1.165, 1.54) is 4.90 Å². The van der Waals surface area contributed by atoms with Gasteiger partial charge in [0, 0.05) is 7.05 Å². The monoisotopic (exact) mass is 208 g/mol. The van der Waals surface area contributed by atoms with Gasteiger partial charge in [-0.25, -0.2) is 4.79 Å². The van der Waals surface area contributed by atoms with E-state index < -0.39 is 12.1 Å². The van der Waals surface area contributed by atoms with Crippen molar-refractivity contribution in [2.24, 2.45) is 5.92 Å². The van der Waals surface area contributed by atoms with Gasteiger partial charge in [0.1, 0.15) is 6.10 Å². The number of likely N-dealkylation sites (N-methyl/N-ethyl adjacent to an activating group) is 1. The number of allylic oxidation sites excluding steroid dienone is 2. The molecule has 1 aliphatic heterocycles. The zero-order valence-corrected chi connectivity index (χ0v) is 9.30. The van der Waals surface area contributed by atoms with Crippen LogP contribution in [-0.4, -0.2) is 30.2 Å². The van der Waals surface area contributed by atoms with Crippen LogP contribution in [0.15, 0.2) is 12.2 Å². The maximum atomic E-state index is 11.3. The molecule has 1 saturated heterocycles. The molecular formula is C11H16N2O2. The van der Waals surface area contributed by atoms with Crippen molar-refractivity contribution in [3.63, 3.8) is 0 Å². The van der Waals surface area contributed by atoms with E-state index in [4.69, 9.17) is 10.00 Å². The molecule has 82 valence electrons. The minimum Gasteiger partial charge on any atom is -0.442 e. The summed E-state index contributed by atoms with van der Waals surface area (Å²) in [5.41, 5.74) is 0. The molecule has 0 saturated carbocycles. The van der Waals surface area contributed by atoms with Crippen molar-refractivity contribution in [1.82, 2.24) is 4.90 Å². The molecule has 3 atom stereocenters. The normalized spacial score (nSPS) is 27.9. The number of carbonyl (C=O) groups excluding carboxylic acids is 1. The molecule has 15 heavy (non-hydrogen) atoms. The average molecular weight is 208 g/mol. The van der Waals surface area contributed by atoms with Crippen LogP contribution in [0.25, 0.3) is 0 Å². The molecular weight excluding hydrogens is 192 g/mol. The van der Waals surface area contributed by atoms with Gasteiger partial charge in [0.15, 0.2) is 6.04 Å². The lowest BCUT2D eigenvalue weighted by Gasteiger charge is -2.19. The number of amides is 1. The Balaban J connectivity index is 2.70. The summed E-state index contributed by atoms with van der Waals surface area (Å²) < 4.78 is 5.17. The van der Waals surface area contributed by atoms with Crippen LogP contribution in [0.3, 0.4) is 0 Å². The van der Waals surface area contributed by atoms with Crippen LogP contribution in [0, 0.1) is 17.2 Å². The zero-order valence-electron chi connectivity index (χ0n) is 9.30. The van der Waals surface area contributed by atoms with Crippen molar-refractivity contribution >= 4 is 6.09 Å². The molecule has 1 fully saturated rings. The molecule has 0 bridgehead atoms. The van der Waals surface area contributed by atoms with Crippen molar-refractivity contribution in [2.75, 3.05) is 7.05 Å². The predicted molar refractivity (Wildman–Crippen MR) is 56.0 cm³/mol. The number of nitriles is 1. The molecule has 0 N–H and O–H groups in total. The minimum absolute atomic E-state index is 0.166. The average Bonchev–Trinajstić information content (AvgIpc) is 2.52. The summed E-state index contributed by atoms with van der Waals surface area (Å²) in [6.07, 6.45) is 4.08. The molecule has 1 amide bonds. The molecule has 0 aromatic carbocycles. The van der Waals surface area contributed by atoms with E-state index in [0.29, 0.717) is 0 Å². The smallest absolute Gasteiger partial charge is 0.411 e. The third-order valence-electron chi connectivity index (χ3n) is 2.69. The fourth-order valence-corrected chi connectivity index (χ4v) is 1.67. The first-order valence-corrected chi connectivity index (χ1v) is 5.06. The van der Waals surface area contributed by atoms with E-state index in [9.17, 15) is 4.79 Å². The first-order chi connectivity index (χ1) is 7.11. The quantitative estimate of drug-likeness (QED) is 0.666. The SMILES string of the molecule is C/C=C/C[C@@H](C)[C@H]1OC(=O)N(C)[C@H]1C#N. The van der Waals surface area contributed by atoms with Crippen LogP contribution in [0.4, 0.5) is 4.79 Å². The van der Waals surface area contributed by atoms with Gasteiger partial charge in [-0.1, -0.05) is 19.1 Å². The highest BCUT2D eigenvalue weighted by Crippen LogP contribution is 2.25. The Bertz CT molecular complexity index is 306. The summed E-state index contributed by atoms with van der Waals surface area (Å²) in [6, 6.07) is 1.65. The van der Waals surface area contributed by atoms with Crippen LogP contribution in [0.5, 0.6) is 0 Å². The summed E-state index contributed by atoms with van der Waals surface area (Å²) in [6.45, 7) is 3.93. The predicted octanol–water partition coefficient (Wildman–Crippen LogP) is 1.93. The second kappa shape index (κ2) is 4.83. The lowest BCUT2D eigenvalue weighted by molar-refractivity contribution is 0.103. The summed E-state index contributed by atoms with van der Waals surface area (Å²) in [5, 5.41) is 8.96. The van der Waals surface area contributed by atoms with E-state index in [1.807, 2.05) is 26.0 Å². The largest absolute Gasteiger partial charge is 0.442 e. The van der Waals surface area contributed by atoms with Crippen molar-refractivity contribution in [3.8, 4) is 6.07 Å². The molecule has 4 nitrogen and oxygen atoms in total. The first-order valence-electron chi connectivity index (χ1n) is 5.06. The van der Waals surface area contributed by atoms with Gasteiger partial charge >= 0.3 is 6.09 Å². The topological polar surface area (TPSA) is 53.3 Å². The summed E-state index contributed by atoms with van der Waals surface area (Å²) >= 11 is 0. The lowest BCUT2D eigenvalue weighted by atomic mass is 9.95. The molecule has 1 rings (SSSR count). The van der Waals surface area contributed by atoms with Gasteiger partial charge in [-0.2, -0.15) is 5.26 Å². The van der Waals surface area contributed by atoms with Crippen LogP contribution in [0.1, 0.15) is 20.3 Å². The van der Waals surface area contributed by atoms with E-state index in [-0.39, 0.29) is 12.0 Å². The highest BCUT2D eigenvalue weighted by Gasteiger charge is 2.42. The number of rotatable bonds is 3. The fourth-order valence-electron chi connectivity index (χ4n) is 1.67. The Labute approximate surface area is 90.1 Å². The van der Waals surface area contributed by atoms with Crippen LogP contribution < -0.4 is 0 Å². The van der Waals surface area contributed by atoms with E-state index >= 15 is 0 Å². The fraction of sp³-hybridized carbons (Fsp3) is 0.636. The van der Waals surface area contributed by atoms with Crippen molar-refractivity contribution in [1.29, 1.82) is 5.26 Å². The Hall–Kier alpha value is -1.50. The molecule has 4 heteroatoms. The van der Waals surface area contributed by atoms with Crippen LogP contribution >= 0.6 is 0 Å².